The van der Waals surface area contributed by atoms with Gasteiger partial charge >= 0.3 is 5.97 Å². The standard InChI is InChI=1S/C12H22O3/c1-3-15-12(14)10-8-6-4-5-7-9-11(2)13/h8,10-11,13H,3-7,9H2,1-2H3/b10-8+. The maximum Gasteiger partial charge on any atom is 0.330 e. The summed E-state index contributed by atoms with van der Waals surface area (Å²) in [5.74, 6) is -0.263. The molecule has 0 fully saturated rings. The van der Waals surface area contributed by atoms with Gasteiger partial charge in [0.2, 0.25) is 0 Å². The third-order valence-electron chi connectivity index (χ3n) is 2.03. The molecule has 0 aliphatic rings. The van der Waals surface area contributed by atoms with E-state index in [0.717, 1.165) is 32.1 Å². The summed E-state index contributed by atoms with van der Waals surface area (Å²) < 4.78 is 4.74. The molecule has 0 rings (SSSR count). The summed E-state index contributed by atoms with van der Waals surface area (Å²) >= 11 is 0. The number of carbonyl (C=O) groups excluding carboxylic acids is 1. The highest BCUT2D eigenvalue weighted by Gasteiger charge is 1.95. The second-order valence-corrected chi connectivity index (χ2v) is 3.64. The van der Waals surface area contributed by atoms with Crippen molar-refractivity contribution >= 4 is 5.97 Å². The van der Waals surface area contributed by atoms with Gasteiger partial charge in [-0.15, -0.1) is 0 Å². The molecule has 0 saturated heterocycles. The number of hydrogen-bond acceptors (Lipinski definition) is 3. The van der Waals surface area contributed by atoms with E-state index in [4.69, 9.17) is 9.84 Å². The zero-order valence-electron chi connectivity index (χ0n) is 9.74. The van der Waals surface area contributed by atoms with Gasteiger partial charge in [0.25, 0.3) is 0 Å². The van der Waals surface area contributed by atoms with Crippen LogP contribution in [-0.4, -0.2) is 23.8 Å². The Bertz CT molecular complexity index is 185. The van der Waals surface area contributed by atoms with Gasteiger partial charge in [-0.1, -0.05) is 18.9 Å². The Balaban J connectivity index is 3.26. The lowest BCUT2D eigenvalue weighted by Gasteiger charge is -2.01. The molecule has 3 nitrogen and oxygen atoms in total. The molecule has 15 heavy (non-hydrogen) atoms. The lowest BCUT2D eigenvalue weighted by atomic mass is 10.1. The minimum atomic E-state index is -0.263. The fourth-order valence-electron chi connectivity index (χ4n) is 1.25. The molecule has 1 unspecified atom stereocenters. The maximum atomic E-state index is 10.9. The minimum Gasteiger partial charge on any atom is -0.463 e. The number of rotatable bonds is 8. The van der Waals surface area contributed by atoms with Crippen LogP contribution in [0.25, 0.3) is 0 Å². The van der Waals surface area contributed by atoms with Crippen LogP contribution in [-0.2, 0) is 9.53 Å². The average molecular weight is 214 g/mol. The van der Waals surface area contributed by atoms with E-state index in [1.807, 2.05) is 6.08 Å². The molecule has 88 valence electrons. The number of hydrogen-bond donors (Lipinski definition) is 1. The Morgan fingerprint density at radius 1 is 1.40 bits per heavy atom. The second-order valence-electron chi connectivity index (χ2n) is 3.64. The average Bonchev–Trinajstić information content (AvgIpc) is 2.16. The Labute approximate surface area is 92.1 Å². The van der Waals surface area contributed by atoms with Gasteiger partial charge < -0.3 is 9.84 Å². The molecule has 3 heteroatoms. The van der Waals surface area contributed by atoms with Crippen molar-refractivity contribution < 1.29 is 14.6 Å². The van der Waals surface area contributed by atoms with Gasteiger partial charge in [0.1, 0.15) is 0 Å². The molecule has 0 radical (unpaired) electrons. The van der Waals surface area contributed by atoms with Crippen LogP contribution in [0.1, 0.15) is 46.0 Å². The molecule has 0 spiro atoms. The van der Waals surface area contributed by atoms with Crippen molar-refractivity contribution in [3.05, 3.63) is 12.2 Å². The largest absolute Gasteiger partial charge is 0.463 e. The van der Waals surface area contributed by atoms with Gasteiger partial charge in [0.15, 0.2) is 0 Å². The lowest BCUT2D eigenvalue weighted by molar-refractivity contribution is -0.137. The summed E-state index contributed by atoms with van der Waals surface area (Å²) in [6.07, 6.45) is 8.10. The molecular formula is C12H22O3. The highest BCUT2D eigenvalue weighted by Crippen LogP contribution is 2.05. The first-order valence-electron chi connectivity index (χ1n) is 5.68. The molecular weight excluding hydrogens is 192 g/mol. The first kappa shape index (κ1) is 14.2. The van der Waals surface area contributed by atoms with Crippen molar-refractivity contribution in [2.45, 2.75) is 52.1 Å². The zero-order valence-corrected chi connectivity index (χ0v) is 9.74. The molecule has 0 aliphatic carbocycles. The summed E-state index contributed by atoms with van der Waals surface area (Å²) in [7, 11) is 0. The number of esters is 1. The normalized spacial score (nSPS) is 13.0. The molecule has 0 amide bonds. The van der Waals surface area contributed by atoms with Crippen LogP contribution in [0.4, 0.5) is 0 Å². The molecule has 0 bridgehead atoms. The van der Waals surface area contributed by atoms with E-state index in [-0.39, 0.29) is 12.1 Å². The molecule has 0 aliphatic heterocycles. The Morgan fingerprint density at radius 3 is 2.73 bits per heavy atom. The van der Waals surface area contributed by atoms with Gasteiger partial charge in [-0.3, -0.25) is 0 Å². The Kier molecular flexibility index (Phi) is 9.18. The van der Waals surface area contributed by atoms with Crippen molar-refractivity contribution in [2.24, 2.45) is 0 Å². The highest BCUT2D eigenvalue weighted by atomic mass is 16.5. The molecule has 0 aromatic heterocycles. The van der Waals surface area contributed by atoms with Gasteiger partial charge in [0, 0.05) is 6.08 Å². The van der Waals surface area contributed by atoms with Crippen molar-refractivity contribution in [3.8, 4) is 0 Å². The van der Waals surface area contributed by atoms with Gasteiger partial charge in [-0.25, -0.2) is 4.79 Å². The van der Waals surface area contributed by atoms with Crippen molar-refractivity contribution in [1.82, 2.24) is 0 Å². The van der Waals surface area contributed by atoms with E-state index < -0.39 is 0 Å². The zero-order chi connectivity index (χ0) is 11.5. The van der Waals surface area contributed by atoms with Crippen LogP contribution in [0.3, 0.4) is 0 Å². The van der Waals surface area contributed by atoms with Crippen molar-refractivity contribution in [2.75, 3.05) is 6.61 Å². The van der Waals surface area contributed by atoms with Crippen LogP contribution in [0, 0.1) is 0 Å². The fraction of sp³-hybridized carbons (Fsp3) is 0.750. The van der Waals surface area contributed by atoms with Crippen LogP contribution in [0.2, 0.25) is 0 Å². The summed E-state index contributed by atoms with van der Waals surface area (Å²) in [6, 6.07) is 0. The predicted molar refractivity (Wildman–Crippen MR) is 60.5 cm³/mol. The van der Waals surface area contributed by atoms with E-state index in [1.165, 1.54) is 6.08 Å². The molecule has 1 atom stereocenters. The monoisotopic (exact) mass is 214 g/mol. The quantitative estimate of drug-likeness (QED) is 0.383. The second kappa shape index (κ2) is 9.71. The van der Waals surface area contributed by atoms with E-state index in [2.05, 4.69) is 0 Å². The summed E-state index contributed by atoms with van der Waals surface area (Å²) in [5, 5.41) is 9.01. The number of unbranched alkanes of at least 4 members (excludes halogenated alkanes) is 3. The summed E-state index contributed by atoms with van der Waals surface area (Å²) in [4.78, 5) is 10.9. The van der Waals surface area contributed by atoms with Gasteiger partial charge in [-0.2, -0.15) is 0 Å². The third-order valence-corrected chi connectivity index (χ3v) is 2.03. The topological polar surface area (TPSA) is 46.5 Å². The van der Waals surface area contributed by atoms with Crippen molar-refractivity contribution in [1.29, 1.82) is 0 Å². The first-order chi connectivity index (χ1) is 7.16. The number of aliphatic hydroxyl groups excluding tert-OH is 1. The van der Waals surface area contributed by atoms with E-state index >= 15 is 0 Å². The Morgan fingerprint density at radius 2 is 2.13 bits per heavy atom. The SMILES string of the molecule is CCOC(=O)/C=C/CCCCCC(C)O. The van der Waals surface area contributed by atoms with E-state index in [9.17, 15) is 4.79 Å². The van der Waals surface area contributed by atoms with E-state index in [1.54, 1.807) is 13.8 Å². The van der Waals surface area contributed by atoms with Crippen LogP contribution >= 0.6 is 0 Å². The first-order valence-corrected chi connectivity index (χ1v) is 5.68. The van der Waals surface area contributed by atoms with Crippen LogP contribution < -0.4 is 0 Å². The maximum absolute atomic E-state index is 10.9. The van der Waals surface area contributed by atoms with Gasteiger partial charge in [-0.05, 0) is 33.1 Å². The number of allylic oxidation sites excluding steroid dienone is 1. The van der Waals surface area contributed by atoms with Crippen LogP contribution in [0.15, 0.2) is 12.2 Å². The lowest BCUT2D eigenvalue weighted by Crippen LogP contribution is -1.99. The van der Waals surface area contributed by atoms with Crippen molar-refractivity contribution in [3.63, 3.8) is 0 Å². The molecule has 0 aromatic carbocycles. The predicted octanol–water partition coefficient (Wildman–Crippen LogP) is 2.44. The van der Waals surface area contributed by atoms with Gasteiger partial charge in [0.05, 0.1) is 12.7 Å². The minimum absolute atomic E-state index is 0.194. The molecule has 1 N–H and O–H groups in total. The highest BCUT2D eigenvalue weighted by molar-refractivity contribution is 5.81. The number of ether oxygens (including phenoxy) is 1. The smallest absolute Gasteiger partial charge is 0.330 e. The summed E-state index contributed by atoms with van der Waals surface area (Å²) in [5.41, 5.74) is 0. The summed E-state index contributed by atoms with van der Waals surface area (Å²) in [6.45, 7) is 4.03. The number of aliphatic hydroxyl groups is 1. The number of carbonyl (C=O) groups is 1. The van der Waals surface area contributed by atoms with Crippen LogP contribution in [0.5, 0.6) is 0 Å². The van der Waals surface area contributed by atoms with E-state index in [0.29, 0.717) is 6.61 Å². The third kappa shape index (κ3) is 11.1. The fourth-order valence-corrected chi connectivity index (χ4v) is 1.25. The molecule has 0 heterocycles. The Hall–Kier alpha value is -0.830. The molecule has 0 aromatic rings. The molecule has 0 saturated carbocycles.